The summed E-state index contributed by atoms with van der Waals surface area (Å²) in [6.07, 6.45) is 0.830. The molecule has 1 aliphatic heterocycles. The highest BCUT2D eigenvalue weighted by molar-refractivity contribution is 6.31. The zero-order valence-electron chi connectivity index (χ0n) is 14.2. The third-order valence-electron chi connectivity index (χ3n) is 4.97. The predicted octanol–water partition coefficient (Wildman–Crippen LogP) is 3.02. The highest BCUT2D eigenvalue weighted by atomic mass is 35.5. The number of halogens is 1. The van der Waals surface area contributed by atoms with Gasteiger partial charge in [0.1, 0.15) is 0 Å². The van der Waals surface area contributed by atoms with Gasteiger partial charge in [-0.2, -0.15) is 0 Å². The van der Waals surface area contributed by atoms with Crippen molar-refractivity contribution >= 4 is 34.8 Å². The van der Waals surface area contributed by atoms with E-state index >= 15 is 0 Å². The maximum absolute atomic E-state index is 12.5. The van der Waals surface area contributed by atoms with Gasteiger partial charge >= 0.3 is 0 Å². The van der Waals surface area contributed by atoms with Gasteiger partial charge in [0.2, 0.25) is 11.8 Å². The van der Waals surface area contributed by atoms with Crippen LogP contribution in [0.3, 0.4) is 0 Å². The van der Waals surface area contributed by atoms with Crippen LogP contribution in [0.2, 0.25) is 5.02 Å². The Labute approximate surface area is 157 Å². The number of nitrogens with zero attached hydrogens (tertiary/aromatic N) is 1. The minimum Gasteiger partial charge on any atom is -0.360 e. The van der Waals surface area contributed by atoms with Crippen molar-refractivity contribution in [3.8, 4) is 0 Å². The van der Waals surface area contributed by atoms with Crippen LogP contribution in [0.15, 0.2) is 48.5 Å². The lowest BCUT2D eigenvalue weighted by Gasteiger charge is -2.28. The number of hydrogen-bond donors (Lipinski definition) is 2. The monoisotopic (exact) mass is 369 g/mol. The Morgan fingerprint density at radius 1 is 1.15 bits per heavy atom. The van der Waals surface area contributed by atoms with Gasteiger partial charge in [0, 0.05) is 35.4 Å². The van der Waals surface area contributed by atoms with E-state index in [0.717, 1.165) is 34.9 Å². The zero-order valence-corrected chi connectivity index (χ0v) is 15.0. The van der Waals surface area contributed by atoms with Gasteiger partial charge in [-0.05, 0) is 48.2 Å². The minimum atomic E-state index is -0.0274. The van der Waals surface area contributed by atoms with Gasteiger partial charge in [-0.3, -0.25) is 9.59 Å². The summed E-state index contributed by atoms with van der Waals surface area (Å²) in [6, 6.07) is 15.3. The summed E-state index contributed by atoms with van der Waals surface area (Å²) in [4.78, 5) is 26.0. The highest BCUT2D eigenvalue weighted by Gasteiger charge is 2.44. The number of benzene rings is 2. The highest BCUT2D eigenvalue weighted by Crippen LogP contribution is 2.50. The van der Waals surface area contributed by atoms with Crippen LogP contribution in [0.5, 0.6) is 0 Å². The van der Waals surface area contributed by atoms with Gasteiger partial charge in [0.15, 0.2) is 0 Å². The quantitative estimate of drug-likeness (QED) is 0.870. The second-order valence-corrected chi connectivity index (χ2v) is 7.19. The van der Waals surface area contributed by atoms with Crippen LogP contribution in [0.4, 0.5) is 11.4 Å². The van der Waals surface area contributed by atoms with E-state index in [1.807, 2.05) is 53.4 Å². The van der Waals surface area contributed by atoms with Crippen molar-refractivity contribution < 1.29 is 9.59 Å². The first-order valence-corrected chi connectivity index (χ1v) is 9.16. The molecule has 0 unspecified atom stereocenters. The molecule has 1 aliphatic carbocycles. The van der Waals surface area contributed by atoms with Crippen molar-refractivity contribution in [1.29, 1.82) is 0 Å². The van der Waals surface area contributed by atoms with Crippen molar-refractivity contribution in [3.05, 3.63) is 59.1 Å². The third-order valence-corrected chi connectivity index (χ3v) is 5.31. The molecule has 2 N–H and O–H groups in total. The average molecular weight is 370 g/mol. The van der Waals surface area contributed by atoms with Gasteiger partial charge in [-0.15, -0.1) is 0 Å². The molecule has 0 bridgehead atoms. The van der Waals surface area contributed by atoms with E-state index in [1.54, 1.807) is 0 Å². The molecule has 1 saturated carbocycles. The van der Waals surface area contributed by atoms with Crippen molar-refractivity contribution in [2.24, 2.45) is 5.92 Å². The summed E-state index contributed by atoms with van der Waals surface area (Å²) >= 11 is 6.23. The number of hydrogen-bond acceptors (Lipinski definition) is 3. The lowest BCUT2D eigenvalue weighted by molar-refractivity contribution is -0.120. The number of piperazine rings is 1. The fourth-order valence-electron chi connectivity index (χ4n) is 3.45. The van der Waals surface area contributed by atoms with Crippen LogP contribution >= 0.6 is 11.6 Å². The normalized spacial score (nSPS) is 21.9. The Bertz CT molecular complexity index is 837. The standard InChI is InChI=1S/C20H20ClN3O2/c21-18-4-2-1-3-15(18)16-11-17(16)20(26)23-13-5-7-14(8-6-13)24-10-9-22-19(25)12-24/h1-8,16-17H,9-12H2,(H,22,25)(H,23,26)/t16-,17-/m0/s1. The van der Waals surface area contributed by atoms with Crippen LogP contribution < -0.4 is 15.5 Å². The first-order chi connectivity index (χ1) is 12.6. The Morgan fingerprint density at radius 2 is 1.92 bits per heavy atom. The summed E-state index contributed by atoms with van der Waals surface area (Å²) < 4.78 is 0. The molecule has 0 radical (unpaired) electrons. The van der Waals surface area contributed by atoms with Crippen LogP contribution in [-0.2, 0) is 9.59 Å². The Hall–Kier alpha value is -2.53. The van der Waals surface area contributed by atoms with Gasteiger partial charge in [0.25, 0.3) is 0 Å². The molecule has 2 amide bonds. The van der Waals surface area contributed by atoms with Gasteiger partial charge < -0.3 is 15.5 Å². The molecular weight excluding hydrogens is 350 g/mol. The fraction of sp³-hybridized carbons (Fsp3) is 0.300. The molecule has 0 spiro atoms. The maximum atomic E-state index is 12.5. The van der Waals surface area contributed by atoms with Crippen LogP contribution in [-0.4, -0.2) is 31.4 Å². The van der Waals surface area contributed by atoms with E-state index in [4.69, 9.17) is 11.6 Å². The molecule has 5 nitrogen and oxygen atoms in total. The lowest BCUT2D eigenvalue weighted by Crippen LogP contribution is -2.47. The summed E-state index contributed by atoms with van der Waals surface area (Å²) in [7, 11) is 0. The molecule has 1 saturated heterocycles. The van der Waals surface area contributed by atoms with Crippen LogP contribution in [0.1, 0.15) is 17.9 Å². The average Bonchev–Trinajstić information content (AvgIpc) is 3.43. The number of nitrogens with one attached hydrogen (secondary N) is 2. The summed E-state index contributed by atoms with van der Waals surface area (Å²) in [5.41, 5.74) is 2.80. The van der Waals surface area contributed by atoms with E-state index in [9.17, 15) is 9.59 Å². The molecule has 134 valence electrons. The number of amides is 2. The van der Waals surface area contributed by atoms with Gasteiger partial charge in [-0.1, -0.05) is 29.8 Å². The molecule has 2 aliphatic rings. The summed E-state index contributed by atoms with van der Waals surface area (Å²) in [6.45, 7) is 1.81. The second-order valence-electron chi connectivity index (χ2n) is 6.78. The molecule has 2 aromatic rings. The number of rotatable bonds is 4. The largest absolute Gasteiger partial charge is 0.360 e. The van der Waals surface area contributed by atoms with E-state index in [1.165, 1.54) is 0 Å². The fourth-order valence-corrected chi connectivity index (χ4v) is 3.73. The maximum Gasteiger partial charge on any atom is 0.239 e. The van der Waals surface area contributed by atoms with Crippen molar-refractivity contribution in [2.45, 2.75) is 12.3 Å². The molecule has 2 fully saturated rings. The van der Waals surface area contributed by atoms with Crippen molar-refractivity contribution in [2.75, 3.05) is 29.9 Å². The van der Waals surface area contributed by atoms with Gasteiger partial charge in [0.05, 0.1) is 6.54 Å². The molecule has 2 atom stereocenters. The minimum absolute atomic E-state index is 0.0274. The molecule has 6 heteroatoms. The molecule has 1 heterocycles. The van der Waals surface area contributed by atoms with E-state index < -0.39 is 0 Å². The van der Waals surface area contributed by atoms with Gasteiger partial charge in [-0.25, -0.2) is 0 Å². The SMILES string of the molecule is O=C1CN(c2ccc(NC(=O)[C@H]3C[C@H]3c3ccccc3Cl)cc2)CCN1. The Balaban J connectivity index is 1.37. The first kappa shape index (κ1) is 16.9. The van der Waals surface area contributed by atoms with E-state index in [2.05, 4.69) is 10.6 Å². The van der Waals surface area contributed by atoms with Crippen LogP contribution in [0.25, 0.3) is 0 Å². The summed E-state index contributed by atoms with van der Waals surface area (Å²) in [5.74, 6) is 0.239. The van der Waals surface area contributed by atoms with Crippen molar-refractivity contribution in [3.63, 3.8) is 0 Å². The number of carbonyl (C=O) groups is 2. The first-order valence-electron chi connectivity index (χ1n) is 8.79. The second kappa shape index (κ2) is 7.00. The van der Waals surface area contributed by atoms with Crippen LogP contribution in [0, 0.1) is 5.92 Å². The molecule has 4 rings (SSSR count). The molecule has 2 aromatic carbocycles. The Kier molecular flexibility index (Phi) is 4.55. The third kappa shape index (κ3) is 3.53. The zero-order chi connectivity index (χ0) is 18.1. The Morgan fingerprint density at radius 3 is 2.65 bits per heavy atom. The number of carbonyl (C=O) groups excluding carboxylic acids is 2. The number of anilines is 2. The molecular formula is C20H20ClN3O2. The van der Waals surface area contributed by atoms with E-state index in [0.29, 0.717) is 13.1 Å². The predicted molar refractivity (Wildman–Crippen MR) is 103 cm³/mol. The topological polar surface area (TPSA) is 61.4 Å². The lowest BCUT2D eigenvalue weighted by atomic mass is 10.1. The summed E-state index contributed by atoms with van der Waals surface area (Å²) in [5, 5.41) is 6.52. The van der Waals surface area contributed by atoms with Crippen molar-refractivity contribution in [1.82, 2.24) is 5.32 Å². The van der Waals surface area contributed by atoms with E-state index in [-0.39, 0.29) is 23.7 Å². The molecule has 26 heavy (non-hydrogen) atoms. The smallest absolute Gasteiger partial charge is 0.239 e. The molecule has 0 aromatic heterocycles.